The number of nitrogens with one attached hydrogen (secondary N) is 1. The molecule has 4 heteroatoms. The molecular formula is C16H26Cl2N2. The van der Waals surface area contributed by atoms with Gasteiger partial charge in [-0.1, -0.05) is 30.3 Å². The molecule has 2 heterocycles. The molecule has 0 radical (unpaired) electrons. The van der Waals surface area contributed by atoms with Crippen molar-refractivity contribution in [3.8, 4) is 0 Å². The van der Waals surface area contributed by atoms with E-state index in [-0.39, 0.29) is 24.8 Å². The van der Waals surface area contributed by atoms with Gasteiger partial charge in [0.2, 0.25) is 0 Å². The predicted molar refractivity (Wildman–Crippen MR) is 90.0 cm³/mol. The maximum atomic E-state index is 3.59. The monoisotopic (exact) mass is 316 g/mol. The Morgan fingerprint density at radius 3 is 2.30 bits per heavy atom. The van der Waals surface area contributed by atoms with E-state index in [1.807, 2.05) is 0 Å². The van der Waals surface area contributed by atoms with Gasteiger partial charge >= 0.3 is 0 Å². The second-order valence-electron chi connectivity index (χ2n) is 6.04. The van der Waals surface area contributed by atoms with Crippen LogP contribution in [-0.4, -0.2) is 31.1 Å². The minimum atomic E-state index is 0. The fourth-order valence-corrected chi connectivity index (χ4v) is 3.48. The lowest BCUT2D eigenvalue weighted by molar-refractivity contribution is 0.0750. The summed E-state index contributed by atoms with van der Waals surface area (Å²) < 4.78 is 0. The van der Waals surface area contributed by atoms with Crippen molar-refractivity contribution in [3.05, 3.63) is 35.9 Å². The summed E-state index contributed by atoms with van der Waals surface area (Å²) in [4.78, 5) is 2.62. The number of likely N-dealkylation sites (tertiary alicyclic amines) is 1. The molecule has 0 aliphatic carbocycles. The quantitative estimate of drug-likeness (QED) is 0.898. The van der Waals surface area contributed by atoms with Crippen LogP contribution in [0.5, 0.6) is 0 Å². The first kappa shape index (κ1) is 17.8. The third-order valence-corrected chi connectivity index (χ3v) is 4.73. The molecule has 2 fully saturated rings. The standard InChI is InChI=1S/C16H24N2.2ClH/c1-2-5-15(6-3-1)13-18-11-8-16(9-12-18)7-4-10-17-14-16;;/h1-3,5-6,17H,4,7-14H2;2*1H. The number of rotatable bonds is 2. The molecule has 20 heavy (non-hydrogen) atoms. The first-order valence-electron chi connectivity index (χ1n) is 7.33. The molecule has 2 aliphatic rings. The summed E-state index contributed by atoms with van der Waals surface area (Å²) >= 11 is 0. The van der Waals surface area contributed by atoms with Crippen LogP contribution in [0.3, 0.4) is 0 Å². The Bertz CT molecular complexity index is 367. The highest BCUT2D eigenvalue weighted by molar-refractivity contribution is 5.85. The second kappa shape index (κ2) is 8.23. The summed E-state index contributed by atoms with van der Waals surface area (Å²) in [5.41, 5.74) is 2.08. The molecule has 3 rings (SSSR count). The minimum Gasteiger partial charge on any atom is -0.316 e. The molecule has 2 saturated heterocycles. The minimum absolute atomic E-state index is 0. The van der Waals surface area contributed by atoms with Gasteiger partial charge in [-0.3, -0.25) is 4.90 Å². The molecule has 0 saturated carbocycles. The molecule has 0 unspecified atom stereocenters. The Morgan fingerprint density at radius 2 is 1.70 bits per heavy atom. The van der Waals surface area contributed by atoms with E-state index >= 15 is 0 Å². The molecule has 1 spiro atoms. The van der Waals surface area contributed by atoms with Gasteiger partial charge in [0.25, 0.3) is 0 Å². The first-order valence-corrected chi connectivity index (χ1v) is 7.33. The van der Waals surface area contributed by atoms with Gasteiger partial charge in [0.1, 0.15) is 0 Å². The van der Waals surface area contributed by atoms with Gasteiger partial charge in [-0.05, 0) is 56.3 Å². The maximum absolute atomic E-state index is 3.59. The number of halogens is 2. The lowest BCUT2D eigenvalue weighted by Gasteiger charge is -2.44. The van der Waals surface area contributed by atoms with Crippen molar-refractivity contribution >= 4 is 24.8 Å². The van der Waals surface area contributed by atoms with Crippen LogP contribution >= 0.6 is 24.8 Å². The lowest BCUT2D eigenvalue weighted by Crippen LogP contribution is -2.47. The molecule has 1 aromatic carbocycles. The van der Waals surface area contributed by atoms with Gasteiger partial charge in [-0.25, -0.2) is 0 Å². The van der Waals surface area contributed by atoms with Gasteiger partial charge in [-0.2, -0.15) is 0 Å². The number of hydrogen-bond donors (Lipinski definition) is 1. The van der Waals surface area contributed by atoms with Gasteiger partial charge in [0.05, 0.1) is 0 Å². The zero-order valence-corrected chi connectivity index (χ0v) is 13.6. The number of benzene rings is 1. The second-order valence-corrected chi connectivity index (χ2v) is 6.04. The van der Waals surface area contributed by atoms with E-state index in [1.54, 1.807) is 0 Å². The zero-order chi connectivity index (χ0) is 12.3. The molecule has 0 atom stereocenters. The van der Waals surface area contributed by atoms with E-state index in [4.69, 9.17) is 0 Å². The largest absolute Gasteiger partial charge is 0.316 e. The van der Waals surface area contributed by atoms with Crippen molar-refractivity contribution < 1.29 is 0 Å². The van der Waals surface area contributed by atoms with Gasteiger partial charge in [0, 0.05) is 13.1 Å². The topological polar surface area (TPSA) is 15.3 Å². The molecule has 1 N–H and O–H groups in total. The highest BCUT2D eigenvalue weighted by atomic mass is 35.5. The normalized spacial score (nSPS) is 21.8. The van der Waals surface area contributed by atoms with Crippen LogP contribution in [0.15, 0.2) is 30.3 Å². The van der Waals surface area contributed by atoms with Crippen molar-refractivity contribution in [3.63, 3.8) is 0 Å². The molecule has 2 aliphatic heterocycles. The highest BCUT2D eigenvalue weighted by Crippen LogP contribution is 2.37. The Hall–Kier alpha value is -0.280. The van der Waals surface area contributed by atoms with Crippen LogP contribution in [0.1, 0.15) is 31.2 Å². The predicted octanol–water partition coefficient (Wildman–Crippen LogP) is 3.50. The average Bonchev–Trinajstić information content (AvgIpc) is 2.44. The Morgan fingerprint density at radius 1 is 1.00 bits per heavy atom. The molecule has 1 aromatic rings. The van der Waals surface area contributed by atoms with Crippen molar-refractivity contribution in [2.75, 3.05) is 26.2 Å². The van der Waals surface area contributed by atoms with E-state index in [9.17, 15) is 0 Å². The maximum Gasteiger partial charge on any atom is 0.0233 e. The summed E-state index contributed by atoms with van der Waals surface area (Å²) in [5, 5.41) is 3.59. The summed E-state index contributed by atoms with van der Waals surface area (Å²) in [6, 6.07) is 10.9. The molecule has 0 bridgehead atoms. The molecule has 114 valence electrons. The van der Waals surface area contributed by atoms with E-state index < -0.39 is 0 Å². The Balaban J connectivity index is 0.000001000. The summed E-state index contributed by atoms with van der Waals surface area (Å²) in [5.74, 6) is 0. The zero-order valence-electron chi connectivity index (χ0n) is 12.0. The summed E-state index contributed by atoms with van der Waals surface area (Å²) in [6.45, 7) is 6.17. The number of hydrogen-bond acceptors (Lipinski definition) is 2. The molecule has 0 aromatic heterocycles. The highest BCUT2D eigenvalue weighted by Gasteiger charge is 2.35. The fraction of sp³-hybridized carbons (Fsp3) is 0.625. The SMILES string of the molecule is Cl.Cl.c1ccc(CN2CCC3(CCCNC3)CC2)cc1. The van der Waals surface area contributed by atoms with E-state index in [0.29, 0.717) is 5.41 Å². The summed E-state index contributed by atoms with van der Waals surface area (Å²) in [6.07, 6.45) is 5.58. The van der Waals surface area contributed by atoms with E-state index in [1.165, 1.54) is 57.4 Å². The van der Waals surface area contributed by atoms with Crippen molar-refractivity contribution in [2.24, 2.45) is 5.41 Å². The van der Waals surface area contributed by atoms with Crippen LogP contribution < -0.4 is 5.32 Å². The molecular weight excluding hydrogens is 291 g/mol. The summed E-state index contributed by atoms with van der Waals surface area (Å²) in [7, 11) is 0. The first-order chi connectivity index (χ1) is 8.86. The Kier molecular flexibility index (Phi) is 7.32. The van der Waals surface area contributed by atoms with Gasteiger partial charge in [-0.15, -0.1) is 24.8 Å². The van der Waals surface area contributed by atoms with E-state index in [0.717, 1.165) is 6.54 Å². The lowest BCUT2D eigenvalue weighted by atomic mass is 9.73. The smallest absolute Gasteiger partial charge is 0.0233 e. The van der Waals surface area contributed by atoms with Crippen LogP contribution in [0.4, 0.5) is 0 Å². The molecule has 2 nitrogen and oxygen atoms in total. The van der Waals surface area contributed by atoms with Crippen molar-refractivity contribution in [2.45, 2.75) is 32.2 Å². The number of piperidine rings is 2. The van der Waals surface area contributed by atoms with Crippen LogP contribution in [0.25, 0.3) is 0 Å². The molecule has 0 amide bonds. The third-order valence-electron chi connectivity index (χ3n) is 4.73. The van der Waals surface area contributed by atoms with Gasteiger partial charge in [0.15, 0.2) is 0 Å². The Labute approximate surface area is 135 Å². The van der Waals surface area contributed by atoms with Crippen molar-refractivity contribution in [1.29, 1.82) is 0 Å². The van der Waals surface area contributed by atoms with Crippen LogP contribution in [0, 0.1) is 5.41 Å². The number of nitrogens with zero attached hydrogens (tertiary/aromatic N) is 1. The van der Waals surface area contributed by atoms with Crippen LogP contribution in [0.2, 0.25) is 0 Å². The van der Waals surface area contributed by atoms with Crippen LogP contribution in [-0.2, 0) is 6.54 Å². The van der Waals surface area contributed by atoms with Gasteiger partial charge < -0.3 is 5.32 Å². The average molecular weight is 317 g/mol. The third kappa shape index (κ3) is 4.36. The fourth-order valence-electron chi connectivity index (χ4n) is 3.48. The van der Waals surface area contributed by atoms with E-state index in [2.05, 4.69) is 40.5 Å². The van der Waals surface area contributed by atoms with Crippen molar-refractivity contribution in [1.82, 2.24) is 10.2 Å².